The fourth-order valence-corrected chi connectivity index (χ4v) is 3.25. The lowest BCUT2D eigenvalue weighted by Gasteiger charge is -2.27. The minimum Gasteiger partial charge on any atom is -0.385 e. The van der Waals surface area contributed by atoms with E-state index in [-0.39, 0.29) is 5.91 Å². The lowest BCUT2D eigenvalue weighted by molar-refractivity contribution is 0.0760. The molecule has 1 N–H and O–H groups in total. The molecule has 1 aliphatic carbocycles. The quantitative estimate of drug-likeness (QED) is 0.885. The zero-order valence-corrected chi connectivity index (χ0v) is 13.6. The molecule has 0 aliphatic heterocycles. The Labute approximate surface area is 128 Å². The molecule has 1 aliphatic rings. The lowest BCUT2D eigenvalue weighted by Crippen LogP contribution is -2.32. The number of nitrogens with zero attached hydrogens (tertiary/aromatic N) is 1. The number of carbonyl (C=O) groups is 1. The first-order valence-corrected chi connectivity index (χ1v) is 8.21. The van der Waals surface area contributed by atoms with E-state index in [2.05, 4.69) is 19.2 Å². The van der Waals surface area contributed by atoms with E-state index in [9.17, 15) is 4.79 Å². The molecule has 3 nitrogen and oxygen atoms in total. The van der Waals surface area contributed by atoms with Crippen molar-refractivity contribution < 1.29 is 4.79 Å². The molecule has 1 aromatic carbocycles. The molecule has 3 heteroatoms. The minimum atomic E-state index is 0.145. The molecular formula is C18H28N2O. The second-order valence-corrected chi connectivity index (χ2v) is 6.25. The number of rotatable bonds is 5. The molecule has 0 spiro atoms. The first kappa shape index (κ1) is 15.9. The van der Waals surface area contributed by atoms with Crippen molar-refractivity contribution in [1.29, 1.82) is 0 Å². The average molecular weight is 288 g/mol. The molecule has 1 saturated carbocycles. The van der Waals surface area contributed by atoms with Crippen LogP contribution in [0.2, 0.25) is 0 Å². The smallest absolute Gasteiger partial charge is 0.253 e. The third-order valence-electron chi connectivity index (χ3n) is 4.44. The van der Waals surface area contributed by atoms with Crippen LogP contribution >= 0.6 is 0 Å². The molecule has 1 amide bonds. The Balaban J connectivity index is 1.99. The van der Waals surface area contributed by atoms with Crippen molar-refractivity contribution in [2.45, 2.75) is 46.0 Å². The summed E-state index contributed by atoms with van der Waals surface area (Å²) in [5.41, 5.74) is 3.05. The number of carbonyl (C=O) groups excluding carboxylic acids is 1. The topological polar surface area (TPSA) is 32.3 Å². The van der Waals surface area contributed by atoms with Crippen molar-refractivity contribution in [3.05, 3.63) is 29.3 Å². The van der Waals surface area contributed by atoms with Crippen molar-refractivity contribution in [3.63, 3.8) is 0 Å². The van der Waals surface area contributed by atoms with E-state index in [0.717, 1.165) is 29.9 Å². The van der Waals surface area contributed by atoms with Gasteiger partial charge in [-0.05, 0) is 56.4 Å². The molecule has 0 atom stereocenters. The van der Waals surface area contributed by atoms with Crippen LogP contribution in [0.4, 0.5) is 5.69 Å². The fourth-order valence-electron chi connectivity index (χ4n) is 3.25. The number of amides is 1. The van der Waals surface area contributed by atoms with E-state index in [4.69, 9.17) is 0 Å². The van der Waals surface area contributed by atoms with Gasteiger partial charge in [0.1, 0.15) is 0 Å². The van der Waals surface area contributed by atoms with E-state index in [1.165, 1.54) is 32.1 Å². The second kappa shape index (κ2) is 7.48. The van der Waals surface area contributed by atoms with Crippen LogP contribution in [0.3, 0.4) is 0 Å². The van der Waals surface area contributed by atoms with Gasteiger partial charge in [0, 0.05) is 31.4 Å². The summed E-state index contributed by atoms with van der Waals surface area (Å²) in [6, 6.07) is 5.95. The van der Waals surface area contributed by atoms with Crippen LogP contribution in [-0.4, -0.2) is 30.9 Å². The molecule has 1 aromatic rings. The molecule has 0 heterocycles. The van der Waals surface area contributed by atoms with Crippen molar-refractivity contribution >= 4 is 11.6 Å². The molecule has 0 radical (unpaired) electrons. The summed E-state index contributed by atoms with van der Waals surface area (Å²) in [5, 5.41) is 3.31. The van der Waals surface area contributed by atoms with Crippen LogP contribution in [0.1, 0.15) is 54.9 Å². The predicted molar refractivity (Wildman–Crippen MR) is 88.9 cm³/mol. The summed E-state index contributed by atoms with van der Waals surface area (Å²) in [7, 11) is 1.93. The first-order valence-electron chi connectivity index (χ1n) is 8.21. The van der Waals surface area contributed by atoms with E-state index >= 15 is 0 Å². The zero-order valence-electron chi connectivity index (χ0n) is 13.6. The maximum Gasteiger partial charge on any atom is 0.253 e. The van der Waals surface area contributed by atoms with Crippen molar-refractivity contribution in [1.82, 2.24) is 4.90 Å². The predicted octanol–water partition coefficient (Wildman–Crippen LogP) is 4.08. The lowest BCUT2D eigenvalue weighted by atomic mass is 9.89. The highest BCUT2D eigenvalue weighted by atomic mass is 16.2. The minimum absolute atomic E-state index is 0.145. The van der Waals surface area contributed by atoms with E-state index < -0.39 is 0 Å². The third-order valence-corrected chi connectivity index (χ3v) is 4.44. The summed E-state index contributed by atoms with van der Waals surface area (Å²) in [5.74, 6) is 0.835. The number of benzene rings is 1. The molecule has 2 rings (SSSR count). The van der Waals surface area contributed by atoms with Gasteiger partial charge in [0.15, 0.2) is 0 Å². The Hall–Kier alpha value is -1.51. The Bertz CT molecular complexity index is 478. The van der Waals surface area contributed by atoms with Gasteiger partial charge in [-0.2, -0.15) is 0 Å². The zero-order chi connectivity index (χ0) is 15.2. The molecule has 0 unspecified atom stereocenters. The van der Waals surface area contributed by atoms with Crippen LogP contribution < -0.4 is 5.32 Å². The van der Waals surface area contributed by atoms with Crippen LogP contribution in [-0.2, 0) is 0 Å². The van der Waals surface area contributed by atoms with Gasteiger partial charge in [-0.15, -0.1) is 0 Å². The Kier molecular flexibility index (Phi) is 5.66. The Morgan fingerprint density at radius 3 is 2.62 bits per heavy atom. The molecule has 116 valence electrons. The van der Waals surface area contributed by atoms with Crippen LogP contribution in [0.5, 0.6) is 0 Å². The van der Waals surface area contributed by atoms with Crippen LogP contribution in [0, 0.1) is 12.8 Å². The number of anilines is 1. The molecule has 21 heavy (non-hydrogen) atoms. The van der Waals surface area contributed by atoms with Crippen molar-refractivity contribution in [2.75, 3.05) is 25.5 Å². The van der Waals surface area contributed by atoms with Gasteiger partial charge in [0.05, 0.1) is 0 Å². The molecule has 0 bridgehead atoms. The molecule has 1 fully saturated rings. The van der Waals surface area contributed by atoms with Crippen LogP contribution in [0.15, 0.2) is 18.2 Å². The maximum atomic E-state index is 12.5. The maximum absolute atomic E-state index is 12.5. The molecule has 0 aromatic heterocycles. The summed E-state index contributed by atoms with van der Waals surface area (Å²) in [4.78, 5) is 14.4. The van der Waals surface area contributed by atoms with E-state index in [0.29, 0.717) is 5.92 Å². The largest absolute Gasteiger partial charge is 0.385 e. The van der Waals surface area contributed by atoms with Gasteiger partial charge < -0.3 is 10.2 Å². The highest BCUT2D eigenvalue weighted by Crippen LogP contribution is 2.25. The average Bonchev–Trinajstić information content (AvgIpc) is 2.49. The van der Waals surface area contributed by atoms with Gasteiger partial charge in [0.2, 0.25) is 0 Å². The molecular weight excluding hydrogens is 260 g/mol. The van der Waals surface area contributed by atoms with Crippen LogP contribution in [0.25, 0.3) is 0 Å². The Morgan fingerprint density at radius 2 is 2.00 bits per heavy atom. The summed E-state index contributed by atoms with van der Waals surface area (Å²) in [6.45, 7) is 5.93. The van der Waals surface area contributed by atoms with Gasteiger partial charge >= 0.3 is 0 Å². The SMILES string of the molecule is CCNc1ccc(C(=O)N(C)CC2CCCCC2)cc1C. The Morgan fingerprint density at radius 1 is 1.29 bits per heavy atom. The number of nitrogens with one attached hydrogen (secondary N) is 1. The number of hydrogen-bond acceptors (Lipinski definition) is 2. The summed E-state index contributed by atoms with van der Waals surface area (Å²) in [6.07, 6.45) is 6.55. The number of aryl methyl sites for hydroxylation is 1. The highest BCUT2D eigenvalue weighted by molar-refractivity contribution is 5.94. The normalized spacial score (nSPS) is 15.8. The van der Waals surface area contributed by atoms with Gasteiger partial charge in [-0.25, -0.2) is 0 Å². The summed E-state index contributed by atoms with van der Waals surface area (Å²) < 4.78 is 0. The van der Waals surface area contributed by atoms with Gasteiger partial charge in [-0.1, -0.05) is 19.3 Å². The fraction of sp³-hybridized carbons (Fsp3) is 0.611. The van der Waals surface area contributed by atoms with Gasteiger partial charge in [-0.3, -0.25) is 4.79 Å². The summed E-state index contributed by atoms with van der Waals surface area (Å²) >= 11 is 0. The standard InChI is InChI=1S/C18H28N2O/c1-4-19-17-11-10-16(12-14(17)2)18(21)20(3)13-15-8-6-5-7-9-15/h10-12,15,19H,4-9,13H2,1-3H3. The van der Waals surface area contributed by atoms with Crippen molar-refractivity contribution in [2.24, 2.45) is 5.92 Å². The highest BCUT2D eigenvalue weighted by Gasteiger charge is 2.19. The van der Waals surface area contributed by atoms with Crippen molar-refractivity contribution in [3.8, 4) is 0 Å². The van der Waals surface area contributed by atoms with E-state index in [1.807, 2.05) is 30.1 Å². The number of hydrogen-bond donors (Lipinski definition) is 1. The van der Waals surface area contributed by atoms with Gasteiger partial charge in [0.25, 0.3) is 5.91 Å². The molecule has 0 saturated heterocycles. The first-order chi connectivity index (χ1) is 10.1. The third kappa shape index (κ3) is 4.23. The monoisotopic (exact) mass is 288 g/mol. The second-order valence-electron chi connectivity index (χ2n) is 6.25. The van der Waals surface area contributed by atoms with E-state index in [1.54, 1.807) is 0 Å².